The van der Waals surface area contributed by atoms with Gasteiger partial charge >= 0.3 is 0 Å². The number of rotatable bonds is 2. The maximum absolute atomic E-state index is 6.22. The van der Waals surface area contributed by atoms with Gasteiger partial charge in [-0.25, -0.2) is 19.6 Å². The van der Waals surface area contributed by atoms with Crippen molar-refractivity contribution in [2.75, 3.05) is 0 Å². The van der Waals surface area contributed by atoms with Gasteiger partial charge in [0.15, 0.2) is 11.5 Å². The molecular weight excluding hydrogens is 252 g/mol. The number of hydrogen-bond acceptors (Lipinski definition) is 4. The van der Waals surface area contributed by atoms with E-state index >= 15 is 0 Å². The number of nitrogens with one attached hydrogen (secondary N) is 1. The van der Waals surface area contributed by atoms with Crippen molar-refractivity contribution in [2.24, 2.45) is 0 Å². The van der Waals surface area contributed by atoms with Crippen molar-refractivity contribution in [2.45, 2.75) is 18.8 Å². The number of aromatic amines is 1. The van der Waals surface area contributed by atoms with Crippen LogP contribution in [0.25, 0.3) is 17.0 Å². The van der Waals surface area contributed by atoms with Gasteiger partial charge in [-0.1, -0.05) is 11.6 Å². The summed E-state index contributed by atoms with van der Waals surface area (Å²) < 4.78 is 1.64. The van der Waals surface area contributed by atoms with Crippen LogP contribution in [0.15, 0.2) is 18.7 Å². The molecule has 0 radical (unpaired) electrons. The van der Waals surface area contributed by atoms with Crippen LogP contribution in [0, 0.1) is 0 Å². The molecule has 1 N–H and O–H groups in total. The van der Waals surface area contributed by atoms with Crippen LogP contribution < -0.4 is 0 Å². The highest BCUT2D eigenvalue weighted by Gasteiger charge is 2.27. The van der Waals surface area contributed by atoms with E-state index in [2.05, 4.69) is 25.0 Å². The maximum atomic E-state index is 6.22. The van der Waals surface area contributed by atoms with Crippen molar-refractivity contribution < 1.29 is 0 Å². The Labute approximate surface area is 107 Å². The molecular formula is C11H9ClN6. The summed E-state index contributed by atoms with van der Waals surface area (Å²) in [6.07, 6.45) is 5.43. The second-order valence-corrected chi connectivity index (χ2v) is 4.76. The van der Waals surface area contributed by atoms with E-state index in [-0.39, 0.29) is 0 Å². The average molecular weight is 261 g/mol. The Bertz CT molecular complexity index is 726. The Kier molecular flexibility index (Phi) is 1.96. The second kappa shape index (κ2) is 3.52. The summed E-state index contributed by atoms with van der Waals surface area (Å²) in [6, 6.07) is 1.91. The predicted octanol–water partition coefficient (Wildman–Crippen LogP) is 2.07. The van der Waals surface area contributed by atoms with E-state index < -0.39 is 0 Å². The van der Waals surface area contributed by atoms with Crippen LogP contribution in [0.5, 0.6) is 0 Å². The summed E-state index contributed by atoms with van der Waals surface area (Å²) in [7, 11) is 0. The lowest BCUT2D eigenvalue weighted by atomic mass is 10.3. The molecule has 1 aliphatic rings. The molecule has 0 aliphatic heterocycles. The normalized spacial score (nSPS) is 15.4. The van der Waals surface area contributed by atoms with Crippen LogP contribution in [0.4, 0.5) is 0 Å². The predicted molar refractivity (Wildman–Crippen MR) is 65.8 cm³/mol. The van der Waals surface area contributed by atoms with Crippen molar-refractivity contribution in [3.05, 3.63) is 29.6 Å². The zero-order valence-corrected chi connectivity index (χ0v) is 10.1. The third-order valence-corrected chi connectivity index (χ3v) is 3.35. The summed E-state index contributed by atoms with van der Waals surface area (Å²) in [6.45, 7) is 0. The van der Waals surface area contributed by atoms with Crippen LogP contribution in [0.1, 0.15) is 24.5 Å². The topological polar surface area (TPSA) is 72.3 Å². The molecule has 4 rings (SSSR count). The Balaban J connectivity index is 1.93. The summed E-state index contributed by atoms with van der Waals surface area (Å²) >= 11 is 6.22. The first-order chi connectivity index (χ1) is 8.83. The van der Waals surface area contributed by atoms with E-state index in [0.717, 1.165) is 11.2 Å². The number of aromatic nitrogens is 6. The number of halogens is 1. The smallest absolute Gasteiger partial charge is 0.184 e. The molecule has 90 valence electrons. The molecule has 1 fully saturated rings. The number of hydrogen-bond donors (Lipinski definition) is 1. The summed E-state index contributed by atoms with van der Waals surface area (Å²) in [5.41, 5.74) is 2.38. The van der Waals surface area contributed by atoms with E-state index in [4.69, 9.17) is 11.6 Å². The number of nitrogens with zero attached hydrogens (tertiary/aromatic N) is 5. The molecule has 0 atom stereocenters. The van der Waals surface area contributed by atoms with Gasteiger partial charge in [-0.2, -0.15) is 5.10 Å². The van der Waals surface area contributed by atoms with E-state index in [1.165, 1.54) is 19.2 Å². The Morgan fingerprint density at radius 2 is 2.17 bits per heavy atom. The molecule has 1 aliphatic carbocycles. The lowest BCUT2D eigenvalue weighted by Gasteiger charge is -2.01. The Hall–Kier alpha value is -1.95. The Morgan fingerprint density at radius 3 is 3.00 bits per heavy atom. The molecule has 1 saturated carbocycles. The van der Waals surface area contributed by atoms with Gasteiger partial charge in [0, 0.05) is 5.92 Å². The summed E-state index contributed by atoms with van der Waals surface area (Å²) in [4.78, 5) is 15.4. The van der Waals surface area contributed by atoms with Crippen LogP contribution in [-0.4, -0.2) is 29.7 Å². The minimum Gasteiger partial charge on any atom is -0.340 e. The first kappa shape index (κ1) is 10.0. The van der Waals surface area contributed by atoms with Gasteiger partial charge in [-0.15, -0.1) is 0 Å². The molecule has 7 heteroatoms. The first-order valence-corrected chi connectivity index (χ1v) is 6.10. The van der Waals surface area contributed by atoms with Gasteiger partial charge in [0.1, 0.15) is 17.0 Å². The highest BCUT2D eigenvalue weighted by Crippen LogP contribution is 2.40. The fourth-order valence-corrected chi connectivity index (χ4v) is 2.24. The molecule has 0 bridgehead atoms. The lowest BCUT2D eigenvalue weighted by Crippen LogP contribution is -2.02. The average Bonchev–Trinajstić information content (AvgIpc) is 2.98. The van der Waals surface area contributed by atoms with E-state index in [9.17, 15) is 0 Å². The second-order valence-electron chi connectivity index (χ2n) is 4.38. The molecule has 0 amide bonds. The minimum atomic E-state index is 0.558. The molecule has 6 nitrogen and oxygen atoms in total. The molecule has 0 unspecified atom stereocenters. The Morgan fingerprint density at radius 1 is 1.28 bits per heavy atom. The fraction of sp³-hybridized carbons (Fsp3) is 0.273. The number of imidazole rings is 1. The van der Waals surface area contributed by atoms with E-state index in [1.54, 1.807) is 11.0 Å². The highest BCUT2D eigenvalue weighted by molar-refractivity contribution is 6.29. The van der Waals surface area contributed by atoms with Crippen molar-refractivity contribution in [3.63, 3.8) is 0 Å². The quantitative estimate of drug-likeness (QED) is 0.766. The zero-order chi connectivity index (χ0) is 12.1. The van der Waals surface area contributed by atoms with Crippen molar-refractivity contribution in [1.29, 1.82) is 0 Å². The highest BCUT2D eigenvalue weighted by atomic mass is 35.5. The SMILES string of the molecule is Clc1cc(C2CC2)nn1-c1ncnc2nc[nH]c12. The van der Waals surface area contributed by atoms with Gasteiger partial charge in [0.2, 0.25) is 0 Å². The summed E-state index contributed by atoms with van der Waals surface area (Å²) in [5.74, 6) is 1.19. The molecule has 0 saturated heterocycles. The number of H-pyrrole nitrogens is 1. The van der Waals surface area contributed by atoms with Crippen molar-refractivity contribution in [3.8, 4) is 5.82 Å². The molecule has 0 spiro atoms. The van der Waals surface area contributed by atoms with Crippen LogP contribution in [-0.2, 0) is 0 Å². The van der Waals surface area contributed by atoms with Gasteiger partial charge in [-0.05, 0) is 18.9 Å². The largest absolute Gasteiger partial charge is 0.340 e. The van der Waals surface area contributed by atoms with Gasteiger partial charge < -0.3 is 4.98 Å². The van der Waals surface area contributed by atoms with Crippen LogP contribution in [0.2, 0.25) is 5.15 Å². The monoisotopic (exact) mass is 260 g/mol. The third-order valence-electron chi connectivity index (χ3n) is 3.08. The minimum absolute atomic E-state index is 0.558. The van der Waals surface area contributed by atoms with Gasteiger partial charge in [0.05, 0.1) is 12.0 Å². The van der Waals surface area contributed by atoms with E-state index in [1.807, 2.05) is 6.07 Å². The zero-order valence-electron chi connectivity index (χ0n) is 9.34. The molecule has 18 heavy (non-hydrogen) atoms. The van der Waals surface area contributed by atoms with Crippen LogP contribution in [0.3, 0.4) is 0 Å². The van der Waals surface area contributed by atoms with Crippen LogP contribution >= 0.6 is 11.6 Å². The van der Waals surface area contributed by atoms with Gasteiger partial charge in [0.25, 0.3) is 0 Å². The first-order valence-electron chi connectivity index (χ1n) is 5.73. The third kappa shape index (κ3) is 1.42. The summed E-state index contributed by atoms with van der Waals surface area (Å²) in [5, 5.41) is 5.08. The molecule has 0 aromatic carbocycles. The molecule has 3 aromatic rings. The number of fused-ring (bicyclic) bond motifs is 1. The van der Waals surface area contributed by atoms with Crippen molar-refractivity contribution in [1.82, 2.24) is 29.7 Å². The molecule has 3 aromatic heterocycles. The maximum Gasteiger partial charge on any atom is 0.184 e. The lowest BCUT2D eigenvalue weighted by molar-refractivity contribution is 0.815. The van der Waals surface area contributed by atoms with Gasteiger partial charge in [-0.3, -0.25) is 0 Å². The fourth-order valence-electron chi connectivity index (χ4n) is 2.02. The molecule has 3 heterocycles. The standard InChI is InChI=1S/C11H9ClN6/c12-8-3-7(6-1-2-6)17-18(8)11-9-10(14-4-13-9)15-5-16-11/h3-6H,1-2H2,(H,13,14,15,16). The van der Waals surface area contributed by atoms with Crippen molar-refractivity contribution >= 4 is 22.8 Å². The van der Waals surface area contributed by atoms with E-state index in [0.29, 0.717) is 22.5 Å².